The first-order chi connectivity index (χ1) is 11.5. The summed E-state index contributed by atoms with van der Waals surface area (Å²) in [5.74, 6) is 1.40. The lowest BCUT2D eigenvalue weighted by Crippen LogP contribution is -2.37. The van der Waals surface area contributed by atoms with Gasteiger partial charge >= 0.3 is 6.03 Å². The molecule has 2 bridgehead atoms. The van der Waals surface area contributed by atoms with Gasteiger partial charge in [0.05, 0.1) is 23.9 Å². The molecule has 2 saturated carbocycles. The summed E-state index contributed by atoms with van der Waals surface area (Å²) in [6, 6.07) is 5.02. The molecule has 0 saturated heterocycles. The van der Waals surface area contributed by atoms with Gasteiger partial charge in [-0.3, -0.25) is 9.02 Å². The molecule has 2 amide bonds. The van der Waals surface area contributed by atoms with Crippen LogP contribution in [-0.4, -0.2) is 31.4 Å². The van der Waals surface area contributed by atoms with Gasteiger partial charge < -0.3 is 0 Å². The van der Waals surface area contributed by atoms with Crippen LogP contribution in [0.15, 0.2) is 22.7 Å². The Kier molecular flexibility index (Phi) is 5.98. The fourth-order valence-corrected chi connectivity index (χ4v) is 4.64. The first kappa shape index (κ1) is 18.3. The van der Waals surface area contributed by atoms with E-state index in [9.17, 15) is 4.79 Å². The van der Waals surface area contributed by atoms with E-state index in [0.29, 0.717) is 16.6 Å². The van der Waals surface area contributed by atoms with Crippen LogP contribution in [0.25, 0.3) is 0 Å². The fourth-order valence-electron chi connectivity index (χ4n) is 3.41. The van der Waals surface area contributed by atoms with Gasteiger partial charge in [0, 0.05) is 11.5 Å². The van der Waals surface area contributed by atoms with Crippen LogP contribution in [0.1, 0.15) is 25.7 Å². The van der Waals surface area contributed by atoms with E-state index in [-0.39, 0.29) is 12.1 Å². The quantitative estimate of drug-likeness (QED) is 0.358. The summed E-state index contributed by atoms with van der Waals surface area (Å²) >= 11 is 10.6. The zero-order valence-electron chi connectivity index (χ0n) is 13.6. The number of urea groups is 1. The molecule has 5 nitrogen and oxygen atoms in total. The van der Waals surface area contributed by atoms with Gasteiger partial charge in [-0.05, 0) is 71.6 Å². The molecule has 0 heterocycles. The lowest BCUT2D eigenvalue weighted by Gasteiger charge is -2.28. The van der Waals surface area contributed by atoms with Gasteiger partial charge in [0.15, 0.2) is 0 Å². The van der Waals surface area contributed by atoms with Gasteiger partial charge in [-0.2, -0.15) is 0 Å². The first-order valence-corrected chi connectivity index (χ1v) is 9.77. The summed E-state index contributed by atoms with van der Waals surface area (Å²) in [5.41, 5.74) is 0.644. The van der Waals surface area contributed by atoms with Gasteiger partial charge in [0.25, 0.3) is 0 Å². The van der Waals surface area contributed by atoms with Crippen LogP contribution in [0, 0.1) is 11.8 Å². The largest absolute Gasteiger partial charge is 0.360 e. The number of carbonyl (C=O) groups is 1. The predicted molar refractivity (Wildman–Crippen MR) is 99.7 cm³/mol. The van der Waals surface area contributed by atoms with Gasteiger partial charge in [-0.25, -0.2) is 14.2 Å². The molecule has 0 aliphatic heterocycles. The lowest BCUT2D eigenvalue weighted by atomic mass is 9.98. The number of halogens is 2. The predicted octanol–water partition coefficient (Wildman–Crippen LogP) is 5.29. The maximum Gasteiger partial charge on any atom is 0.360 e. The first-order valence-electron chi connectivity index (χ1n) is 7.90. The maximum atomic E-state index is 12.6. The third-order valence-corrected chi connectivity index (χ3v) is 6.85. The minimum Gasteiger partial charge on any atom is -0.293 e. The summed E-state index contributed by atoms with van der Waals surface area (Å²) < 4.78 is 8.27. The van der Waals surface area contributed by atoms with Crippen molar-refractivity contribution in [2.24, 2.45) is 11.8 Å². The highest BCUT2D eigenvalue weighted by molar-refractivity contribution is 9.10. The molecule has 0 spiro atoms. The van der Waals surface area contributed by atoms with Gasteiger partial charge in [0.1, 0.15) is 12.2 Å². The van der Waals surface area contributed by atoms with Crippen molar-refractivity contribution in [3.8, 4) is 0 Å². The van der Waals surface area contributed by atoms with Gasteiger partial charge in [-0.1, -0.05) is 11.6 Å². The molecule has 132 valence electrons. The van der Waals surface area contributed by atoms with E-state index < -0.39 is 0 Å². The van der Waals surface area contributed by atoms with Crippen molar-refractivity contribution in [1.29, 1.82) is 0 Å². The van der Waals surface area contributed by atoms with Crippen molar-refractivity contribution < 1.29 is 13.8 Å². The minimum absolute atomic E-state index is 0.211. The number of nitrogens with zero attached hydrogens (tertiary/aromatic N) is 2. The summed E-state index contributed by atoms with van der Waals surface area (Å²) in [5, 5.41) is 1.69. The Morgan fingerprint density at radius 2 is 2.17 bits per heavy atom. The van der Waals surface area contributed by atoms with Crippen LogP contribution >= 0.6 is 39.8 Å². The van der Waals surface area contributed by atoms with E-state index in [2.05, 4.69) is 15.9 Å². The lowest BCUT2D eigenvalue weighted by molar-refractivity contribution is -0.0610. The topological polar surface area (TPSA) is 42.0 Å². The molecule has 3 rings (SSSR count). The van der Waals surface area contributed by atoms with Crippen LogP contribution in [0.3, 0.4) is 0 Å². The molecule has 2 aliphatic carbocycles. The molecule has 0 radical (unpaired) electrons. The number of anilines is 1. The van der Waals surface area contributed by atoms with Crippen molar-refractivity contribution >= 4 is 51.5 Å². The van der Waals surface area contributed by atoms with Crippen molar-refractivity contribution in [2.75, 3.05) is 18.5 Å². The molecule has 0 N–H and O–H groups in total. The van der Waals surface area contributed by atoms with E-state index in [1.54, 1.807) is 13.1 Å². The normalized spacial score (nSPS) is 25.1. The molecule has 1 aromatic carbocycles. The zero-order chi connectivity index (χ0) is 17.3. The molecular weight excluding hydrogens is 416 g/mol. The molecule has 0 aromatic heterocycles. The van der Waals surface area contributed by atoms with Crippen molar-refractivity contribution in [1.82, 2.24) is 5.06 Å². The number of amides is 2. The van der Waals surface area contributed by atoms with E-state index in [1.807, 2.05) is 12.1 Å². The zero-order valence-corrected chi connectivity index (χ0v) is 16.7. The summed E-state index contributed by atoms with van der Waals surface area (Å²) in [4.78, 5) is 17.6. The van der Waals surface area contributed by atoms with E-state index in [1.165, 1.54) is 30.7 Å². The minimum atomic E-state index is -0.330. The number of carbonyl (C=O) groups excluding carboxylic acids is 1. The summed E-state index contributed by atoms with van der Waals surface area (Å²) in [6.45, 7) is 0. The van der Waals surface area contributed by atoms with Crippen LogP contribution < -0.4 is 4.31 Å². The number of rotatable bonds is 5. The standard InChI is InChI=1S/C16H20BrClN2O3S/c1-19(22-2)16(21)20(12-5-6-13(17)14(18)9-12)24-23-15-8-10-3-4-11(15)7-10/h5-6,9-11,15H,3-4,7-8H2,1-2H3. The molecule has 2 fully saturated rings. The number of hydrogen-bond donors (Lipinski definition) is 0. The molecule has 24 heavy (non-hydrogen) atoms. The Hall–Kier alpha value is -0.470. The number of hydroxylamine groups is 2. The van der Waals surface area contributed by atoms with Crippen molar-refractivity contribution in [3.05, 3.63) is 27.7 Å². The van der Waals surface area contributed by atoms with E-state index >= 15 is 0 Å². The Morgan fingerprint density at radius 3 is 2.75 bits per heavy atom. The monoisotopic (exact) mass is 434 g/mol. The SMILES string of the molecule is CON(C)C(=O)N(SOC1CC2CCC1C2)c1ccc(Br)c(Cl)c1. The number of hydrogen-bond acceptors (Lipinski definition) is 4. The number of fused-ring (bicyclic) bond motifs is 2. The molecular formula is C16H20BrClN2O3S. The molecule has 3 unspecified atom stereocenters. The van der Waals surface area contributed by atoms with Crippen LogP contribution in [0.5, 0.6) is 0 Å². The second-order valence-corrected chi connectivity index (χ2v) is 8.21. The van der Waals surface area contributed by atoms with Crippen molar-refractivity contribution in [3.63, 3.8) is 0 Å². The number of benzene rings is 1. The molecule has 1 aromatic rings. The third-order valence-electron chi connectivity index (χ3n) is 4.77. The van der Waals surface area contributed by atoms with Crippen molar-refractivity contribution in [2.45, 2.75) is 31.8 Å². The van der Waals surface area contributed by atoms with Crippen LogP contribution in [0.2, 0.25) is 5.02 Å². The average Bonchev–Trinajstić information content (AvgIpc) is 3.20. The molecule has 3 atom stereocenters. The van der Waals surface area contributed by atoms with Gasteiger partial charge in [0.2, 0.25) is 0 Å². The van der Waals surface area contributed by atoms with E-state index in [0.717, 1.165) is 34.1 Å². The second-order valence-electron chi connectivity index (χ2n) is 6.24. The average molecular weight is 436 g/mol. The van der Waals surface area contributed by atoms with Crippen LogP contribution in [-0.2, 0) is 9.02 Å². The fraction of sp³-hybridized carbons (Fsp3) is 0.562. The summed E-state index contributed by atoms with van der Waals surface area (Å²) in [7, 11) is 3.01. The highest BCUT2D eigenvalue weighted by atomic mass is 79.9. The summed E-state index contributed by atoms with van der Waals surface area (Å²) in [6.07, 6.45) is 5.09. The Labute approximate surface area is 160 Å². The Morgan fingerprint density at radius 1 is 1.38 bits per heavy atom. The second kappa shape index (κ2) is 7.83. The Bertz CT molecular complexity index is 621. The highest BCUT2D eigenvalue weighted by Crippen LogP contribution is 2.47. The highest BCUT2D eigenvalue weighted by Gasteiger charge is 2.41. The smallest absolute Gasteiger partial charge is 0.293 e. The van der Waals surface area contributed by atoms with Crippen LogP contribution in [0.4, 0.5) is 10.5 Å². The van der Waals surface area contributed by atoms with E-state index in [4.69, 9.17) is 20.6 Å². The Balaban J connectivity index is 1.74. The third kappa shape index (κ3) is 3.85. The van der Waals surface area contributed by atoms with Gasteiger partial charge in [-0.15, -0.1) is 0 Å². The molecule has 8 heteroatoms. The maximum absolute atomic E-state index is 12.6. The molecule has 2 aliphatic rings.